The van der Waals surface area contributed by atoms with Gasteiger partial charge in [-0.25, -0.2) is 4.79 Å². The summed E-state index contributed by atoms with van der Waals surface area (Å²) in [6.07, 6.45) is 3.57. The predicted molar refractivity (Wildman–Crippen MR) is 116 cm³/mol. The molecule has 0 spiro atoms. The molecule has 0 saturated carbocycles. The van der Waals surface area contributed by atoms with Crippen LogP contribution >= 0.6 is 0 Å². The molecular weight excluding hydrogens is 344 g/mol. The van der Waals surface area contributed by atoms with Crippen LogP contribution in [0.3, 0.4) is 0 Å². The van der Waals surface area contributed by atoms with E-state index in [1.165, 1.54) is 34.7 Å². The van der Waals surface area contributed by atoms with Gasteiger partial charge in [-0.3, -0.25) is 0 Å². The molecule has 1 aliphatic carbocycles. The minimum absolute atomic E-state index is 0.197. The van der Waals surface area contributed by atoms with Crippen LogP contribution in [0.1, 0.15) is 62.0 Å². The van der Waals surface area contributed by atoms with Gasteiger partial charge in [-0.2, -0.15) is 0 Å². The molecule has 2 nitrogen and oxygen atoms in total. The summed E-state index contributed by atoms with van der Waals surface area (Å²) in [6.45, 7) is 9.50. The molecule has 0 radical (unpaired) electrons. The number of fused-ring (bicyclic) bond motifs is 2. The number of rotatable bonds is 2. The van der Waals surface area contributed by atoms with Crippen molar-refractivity contribution < 1.29 is 9.90 Å². The smallest absolute Gasteiger partial charge is 0.335 e. The second-order valence-electron chi connectivity index (χ2n) is 9.68. The van der Waals surface area contributed by atoms with Gasteiger partial charge in [-0.05, 0) is 81.3 Å². The van der Waals surface area contributed by atoms with Crippen molar-refractivity contribution in [1.29, 1.82) is 0 Å². The monoisotopic (exact) mass is 372 g/mol. The van der Waals surface area contributed by atoms with Crippen molar-refractivity contribution in [3.05, 3.63) is 71.3 Å². The molecule has 0 saturated heterocycles. The van der Waals surface area contributed by atoms with Crippen LogP contribution in [0.5, 0.6) is 0 Å². The quantitative estimate of drug-likeness (QED) is 0.500. The number of aromatic carboxylic acids is 1. The molecular formula is C26H28O2. The fourth-order valence-corrected chi connectivity index (χ4v) is 4.50. The fraction of sp³-hybridized carbons (Fsp3) is 0.346. The molecule has 0 aliphatic heterocycles. The van der Waals surface area contributed by atoms with Crippen LogP contribution in [-0.4, -0.2) is 11.1 Å². The van der Waals surface area contributed by atoms with Gasteiger partial charge in [0.2, 0.25) is 0 Å². The van der Waals surface area contributed by atoms with Crippen molar-refractivity contribution in [2.24, 2.45) is 5.41 Å². The predicted octanol–water partition coefficient (Wildman–Crippen LogP) is 6.85. The van der Waals surface area contributed by atoms with Crippen LogP contribution in [0.4, 0.5) is 0 Å². The van der Waals surface area contributed by atoms with E-state index in [-0.39, 0.29) is 5.41 Å². The maximum Gasteiger partial charge on any atom is 0.335 e. The summed E-state index contributed by atoms with van der Waals surface area (Å²) in [5.74, 6) is -0.891. The van der Waals surface area contributed by atoms with E-state index in [0.29, 0.717) is 11.0 Å². The number of hydrogen-bond donors (Lipinski definition) is 1. The summed E-state index contributed by atoms with van der Waals surface area (Å²) in [7, 11) is 0. The van der Waals surface area contributed by atoms with Gasteiger partial charge in [-0.1, -0.05) is 64.1 Å². The van der Waals surface area contributed by atoms with Crippen molar-refractivity contribution >= 4 is 16.7 Å². The molecule has 3 aromatic carbocycles. The summed E-state index contributed by atoms with van der Waals surface area (Å²) < 4.78 is 0. The molecule has 1 aliphatic rings. The molecule has 1 N–H and O–H groups in total. The Morgan fingerprint density at radius 1 is 0.821 bits per heavy atom. The first-order valence-electron chi connectivity index (χ1n) is 10.1. The zero-order valence-corrected chi connectivity index (χ0v) is 17.2. The zero-order chi connectivity index (χ0) is 20.1. The summed E-state index contributed by atoms with van der Waals surface area (Å²) in [5.41, 5.74) is 5.96. The summed E-state index contributed by atoms with van der Waals surface area (Å²) in [4.78, 5) is 11.1. The van der Waals surface area contributed by atoms with Crippen LogP contribution < -0.4 is 0 Å². The molecule has 0 atom stereocenters. The van der Waals surface area contributed by atoms with Crippen LogP contribution in [-0.2, 0) is 11.8 Å². The highest BCUT2D eigenvalue weighted by molar-refractivity contribution is 5.90. The van der Waals surface area contributed by atoms with E-state index in [0.717, 1.165) is 17.5 Å². The normalized spacial score (nSPS) is 17.7. The van der Waals surface area contributed by atoms with E-state index in [4.69, 9.17) is 5.11 Å². The lowest BCUT2D eigenvalue weighted by Gasteiger charge is -2.26. The molecule has 0 fully saturated rings. The third-order valence-corrected chi connectivity index (χ3v) is 6.35. The van der Waals surface area contributed by atoms with Crippen LogP contribution in [0.2, 0.25) is 0 Å². The molecule has 28 heavy (non-hydrogen) atoms. The van der Waals surface area contributed by atoms with Gasteiger partial charge in [0.05, 0.1) is 5.56 Å². The lowest BCUT2D eigenvalue weighted by atomic mass is 9.78. The van der Waals surface area contributed by atoms with E-state index in [1.54, 1.807) is 12.1 Å². The third kappa shape index (κ3) is 3.44. The van der Waals surface area contributed by atoms with E-state index in [1.807, 2.05) is 12.1 Å². The van der Waals surface area contributed by atoms with E-state index in [2.05, 4.69) is 58.0 Å². The average molecular weight is 373 g/mol. The molecule has 3 aromatic rings. The Morgan fingerprint density at radius 2 is 1.50 bits per heavy atom. The summed E-state index contributed by atoms with van der Waals surface area (Å²) >= 11 is 0. The van der Waals surface area contributed by atoms with Gasteiger partial charge in [0, 0.05) is 0 Å². The lowest BCUT2D eigenvalue weighted by Crippen LogP contribution is -2.18. The molecule has 4 rings (SSSR count). The second-order valence-corrected chi connectivity index (χ2v) is 9.68. The summed E-state index contributed by atoms with van der Waals surface area (Å²) in [6, 6.07) is 18.5. The summed E-state index contributed by atoms with van der Waals surface area (Å²) in [5, 5.41) is 11.6. The van der Waals surface area contributed by atoms with Crippen molar-refractivity contribution in [1.82, 2.24) is 0 Å². The Morgan fingerprint density at radius 3 is 2.18 bits per heavy atom. The van der Waals surface area contributed by atoms with Crippen molar-refractivity contribution in [2.75, 3.05) is 0 Å². The lowest BCUT2D eigenvalue weighted by molar-refractivity contribution is 0.0697. The number of carbonyl (C=O) groups is 1. The maximum absolute atomic E-state index is 11.1. The minimum atomic E-state index is -0.891. The molecule has 0 bridgehead atoms. The van der Waals surface area contributed by atoms with E-state index in [9.17, 15) is 4.79 Å². The molecule has 144 valence electrons. The Labute approximate surface area is 167 Å². The van der Waals surface area contributed by atoms with Crippen molar-refractivity contribution in [2.45, 2.75) is 52.4 Å². The van der Waals surface area contributed by atoms with Crippen LogP contribution in [0, 0.1) is 5.41 Å². The van der Waals surface area contributed by atoms with Gasteiger partial charge in [0.15, 0.2) is 0 Å². The van der Waals surface area contributed by atoms with Crippen molar-refractivity contribution in [3.63, 3.8) is 0 Å². The van der Waals surface area contributed by atoms with Crippen LogP contribution in [0.25, 0.3) is 21.9 Å². The third-order valence-electron chi connectivity index (χ3n) is 6.35. The van der Waals surface area contributed by atoms with E-state index < -0.39 is 5.97 Å². The van der Waals surface area contributed by atoms with Gasteiger partial charge in [0.25, 0.3) is 0 Å². The Bertz CT molecular complexity index is 1060. The van der Waals surface area contributed by atoms with Gasteiger partial charge in [-0.15, -0.1) is 0 Å². The first-order chi connectivity index (χ1) is 13.1. The molecule has 0 unspecified atom stereocenters. The van der Waals surface area contributed by atoms with Gasteiger partial charge >= 0.3 is 5.97 Å². The molecule has 0 heterocycles. The topological polar surface area (TPSA) is 37.3 Å². The number of hydrogen-bond acceptors (Lipinski definition) is 1. The molecule has 0 amide bonds. The highest BCUT2D eigenvalue weighted by Crippen LogP contribution is 2.43. The van der Waals surface area contributed by atoms with Gasteiger partial charge in [0.1, 0.15) is 0 Å². The Balaban J connectivity index is 1.81. The first-order valence-corrected chi connectivity index (χ1v) is 10.1. The van der Waals surface area contributed by atoms with E-state index >= 15 is 0 Å². The van der Waals surface area contributed by atoms with Gasteiger partial charge < -0.3 is 5.11 Å². The van der Waals surface area contributed by atoms with Crippen LogP contribution in [0.15, 0.2) is 54.6 Å². The highest BCUT2D eigenvalue weighted by atomic mass is 16.4. The fourth-order valence-electron chi connectivity index (χ4n) is 4.50. The first kappa shape index (κ1) is 18.7. The SMILES string of the molecule is CC1(C)CCC(C)(C)c2cc3ccc(-c4ccc(C(=O)O)cc4)cc3cc2C1. The largest absolute Gasteiger partial charge is 0.478 e. The molecule has 0 aromatic heterocycles. The number of carboxylic acid groups (broad SMARTS) is 1. The number of benzene rings is 3. The minimum Gasteiger partial charge on any atom is -0.478 e. The Hall–Kier alpha value is -2.61. The molecule has 2 heteroatoms. The average Bonchev–Trinajstić information content (AvgIpc) is 2.73. The standard InChI is InChI=1S/C26H28O2/c1-25(2)11-12-26(3,4)23-15-20-10-9-19(13-21(20)14-22(23)16-25)17-5-7-18(8-6-17)24(27)28/h5-10,13-15H,11-12,16H2,1-4H3,(H,27,28). The Kier molecular flexibility index (Phi) is 4.33. The number of carboxylic acids is 1. The second kappa shape index (κ2) is 6.48. The zero-order valence-electron chi connectivity index (χ0n) is 17.2. The van der Waals surface area contributed by atoms with Crippen molar-refractivity contribution in [3.8, 4) is 11.1 Å². The maximum atomic E-state index is 11.1. The highest BCUT2D eigenvalue weighted by Gasteiger charge is 2.33.